The van der Waals surface area contributed by atoms with E-state index in [4.69, 9.17) is 16.3 Å². The van der Waals surface area contributed by atoms with Crippen LogP contribution in [0.3, 0.4) is 0 Å². The molecule has 0 fully saturated rings. The lowest BCUT2D eigenvalue weighted by Crippen LogP contribution is -2.17. The average molecular weight is 480 g/mol. The smallest absolute Gasteiger partial charge is 0.489 e. The summed E-state index contributed by atoms with van der Waals surface area (Å²) in [6.07, 6.45) is -4.79. The lowest BCUT2D eigenvalue weighted by atomic mass is 10.2. The van der Waals surface area contributed by atoms with Gasteiger partial charge in [-0.2, -0.15) is 5.10 Å². The number of H-pyrrole nitrogens is 1. The molecule has 0 aliphatic heterocycles. The van der Waals surface area contributed by atoms with E-state index in [1.54, 1.807) is 24.3 Å². The summed E-state index contributed by atoms with van der Waals surface area (Å²) >= 11 is 5.73. The first kappa shape index (κ1) is 22.4. The number of hydrogen-bond donors (Lipinski definition) is 2. The number of carbonyl (C=O) groups is 1. The van der Waals surface area contributed by atoms with Gasteiger partial charge in [-0.1, -0.05) is 23.7 Å². The minimum atomic E-state index is -4.79. The van der Waals surface area contributed by atoms with Crippen molar-refractivity contribution in [1.29, 1.82) is 0 Å². The second-order valence-corrected chi connectivity index (χ2v) is 7.25. The van der Waals surface area contributed by atoms with E-state index in [2.05, 4.69) is 20.3 Å². The van der Waals surface area contributed by atoms with Gasteiger partial charge >= 0.3 is 6.36 Å². The van der Waals surface area contributed by atoms with E-state index in [1.807, 2.05) is 0 Å². The molecular formula is C22H14ClF4N3O3. The molecule has 0 saturated carbocycles. The van der Waals surface area contributed by atoms with Gasteiger partial charge in [0.1, 0.15) is 23.9 Å². The third-order valence-corrected chi connectivity index (χ3v) is 4.78. The van der Waals surface area contributed by atoms with Gasteiger partial charge in [0.25, 0.3) is 5.91 Å². The zero-order valence-electron chi connectivity index (χ0n) is 16.5. The summed E-state index contributed by atoms with van der Waals surface area (Å²) < 4.78 is 60.1. The van der Waals surface area contributed by atoms with Crippen LogP contribution in [-0.4, -0.2) is 22.5 Å². The molecule has 11 heteroatoms. The van der Waals surface area contributed by atoms with Gasteiger partial charge in [-0.3, -0.25) is 9.89 Å². The van der Waals surface area contributed by atoms with Gasteiger partial charge in [0.2, 0.25) is 0 Å². The maximum atomic E-state index is 13.3. The molecule has 0 radical (unpaired) electrons. The minimum Gasteiger partial charge on any atom is -0.489 e. The van der Waals surface area contributed by atoms with Crippen molar-refractivity contribution in [1.82, 2.24) is 10.2 Å². The van der Waals surface area contributed by atoms with Gasteiger partial charge < -0.3 is 14.8 Å². The molecule has 0 spiro atoms. The van der Waals surface area contributed by atoms with Crippen molar-refractivity contribution >= 4 is 34.2 Å². The fourth-order valence-corrected chi connectivity index (χ4v) is 3.17. The largest absolute Gasteiger partial charge is 0.573 e. The maximum absolute atomic E-state index is 13.3. The van der Waals surface area contributed by atoms with Crippen LogP contribution in [0.25, 0.3) is 10.9 Å². The summed E-state index contributed by atoms with van der Waals surface area (Å²) in [5.74, 6) is -0.929. The van der Waals surface area contributed by atoms with Crippen LogP contribution in [0.15, 0.2) is 60.7 Å². The third-order valence-electron chi connectivity index (χ3n) is 4.49. The second-order valence-electron chi connectivity index (χ2n) is 6.85. The van der Waals surface area contributed by atoms with Crippen molar-refractivity contribution in [3.05, 3.63) is 82.6 Å². The molecule has 2 N–H and O–H groups in total. The SMILES string of the molecule is O=C(Nc1n[nH]c2ccc(OCc3cccc(OC(F)(F)F)c3)cc12)c1ccc(F)c(Cl)c1. The number of ether oxygens (including phenoxy) is 2. The summed E-state index contributed by atoms with van der Waals surface area (Å²) in [6, 6.07) is 13.9. The molecule has 1 aromatic heterocycles. The summed E-state index contributed by atoms with van der Waals surface area (Å²) in [5.41, 5.74) is 1.21. The second kappa shape index (κ2) is 8.99. The van der Waals surface area contributed by atoms with Crippen LogP contribution < -0.4 is 14.8 Å². The van der Waals surface area contributed by atoms with E-state index < -0.39 is 18.1 Å². The van der Waals surface area contributed by atoms with Crippen LogP contribution in [-0.2, 0) is 6.61 Å². The quantitative estimate of drug-likeness (QED) is 0.328. The molecule has 33 heavy (non-hydrogen) atoms. The highest BCUT2D eigenvalue weighted by Crippen LogP contribution is 2.28. The number of halogens is 5. The van der Waals surface area contributed by atoms with Gasteiger partial charge in [-0.25, -0.2) is 4.39 Å². The summed E-state index contributed by atoms with van der Waals surface area (Å²) in [4.78, 5) is 12.5. The molecule has 0 aliphatic carbocycles. The van der Waals surface area contributed by atoms with Crippen LogP contribution in [0.1, 0.15) is 15.9 Å². The Kier molecular flexibility index (Phi) is 6.10. The Balaban J connectivity index is 1.48. The minimum absolute atomic E-state index is 0.0197. The van der Waals surface area contributed by atoms with E-state index in [0.717, 1.165) is 6.07 Å². The Morgan fingerprint density at radius 3 is 2.64 bits per heavy atom. The standard InChI is InChI=1S/C22H14ClF4N3O3/c23-17-9-13(4-6-18(17)24)21(31)28-20-16-10-14(5-7-19(16)29-30-20)32-11-12-2-1-3-15(8-12)33-22(25,26)27/h1-10H,11H2,(H2,28,29,30,31). The number of hydrogen-bond acceptors (Lipinski definition) is 4. The molecule has 1 heterocycles. The van der Waals surface area contributed by atoms with E-state index in [0.29, 0.717) is 22.2 Å². The molecule has 0 bridgehead atoms. The van der Waals surface area contributed by atoms with Crippen LogP contribution in [0.2, 0.25) is 5.02 Å². The summed E-state index contributed by atoms with van der Waals surface area (Å²) in [5, 5.41) is 9.79. The lowest BCUT2D eigenvalue weighted by molar-refractivity contribution is -0.274. The first-order valence-corrected chi connectivity index (χ1v) is 9.78. The average Bonchev–Trinajstić information content (AvgIpc) is 3.15. The summed E-state index contributed by atoms with van der Waals surface area (Å²) in [7, 11) is 0. The van der Waals surface area contributed by atoms with E-state index in [-0.39, 0.29) is 28.8 Å². The van der Waals surface area contributed by atoms with Crippen molar-refractivity contribution in [2.45, 2.75) is 13.0 Å². The number of nitrogens with one attached hydrogen (secondary N) is 2. The van der Waals surface area contributed by atoms with E-state index in [9.17, 15) is 22.4 Å². The first-order valence-electron chi connectivity index (χ1n) is 9.40. The predicted octanol–water partition coefficient (Wildman–Crippen LogP) is 6.09. The Labute approximate surface area is 189 Å². The van der Waals surface area contributed by atoms with Crippen molar-refractivity contribution < 1.29 is 31.8 Å². The van der Waals surface area contributed by atoms with Gasteiger partial charge in [0, 0.05) is 10.9 Å². The molecule has 3 aromatic carbocycles. The molecule has 4 rings (SSSR count). The van der Waals surface area contributed by atoms with Gasteiger partial charge in [0.05, 0.1) is 10.5 Å². The molecule has 6 nitrogen and oxygen atoms in total. The normalized spacial score (nSPS) is 11.4. The topological polar surface area (TPSA) is 76.2 Å². The van der Waals surface area contributed by atoms with E-state index >= 15 is 0 Å². The number of aromatic amines is 1. The number of alkyl halides is 3. The highest BCUT2D eigenvalue weighted by molar-refractivity contribution is 6.31. The monoisotopic (exact) mass is 479 g/mol. The summed E-state index contributed by atoms with van der Waals surface area (Å²) in [6.45, 7) is -0.0197. The number of nitrogens with zero attached hydrogens (tertiary/aromatic N) is 1. The van der Waals surface area contributed by atoms with Crippen LogP contribution in [0, 0.1) is 5.82 Å². The molecule has 0 atom stereocenters. The number of carbonyl (C=O) groups excluding carboxylic acids is 1. The number of rotatable bonds is 6. The number of amides is 1. The zero-order chi connectivity index (χ0) is 23.6. The lowest BCUT2D eigenvalue weighted by Gasteiger charge is -2.11. The van der Waals surface area contributed by atoms with E-state index in [1.165, 1.54) is 30.3 Å². The Hall–Kier alpha value is -3.79. The molecule has 0 saturated heterocycles. The number of aromatic nitrogens is 2. The zero-order valence-corrected chi connectivity index (χ0v) is 17.3. The predicted molar refractivity (Wildman–Crippen MR) is 113 cm³/mol. The fraction of sp³-hybridized carbons (Fsp3) is 0.0909. The van der Waals surface area contributed by atoms with Crippen LogP contribution in [0.5, 0.6) is 11.5 Å². The molecule has 1 amide bonds. The van der Waals surface area contributed by atoms with Crippen LogP contribution in [0.4, 0.5) is 23.4 Å². The van der Waals surface area contributed by atoms with Gasteiger partial charge in [0.15, 0.2) is 5.82 Å². The highest BCUT2D eigenvalue weighted by atomic mass is 35.5. The Morgan fingerprint density at radius 1 is 1.06 bits per heavy atom. The van der Waals surface area contributed by atoms with Crippen molar-refractivity contribution in [3.8, 4) is 11.5 Å². The highest BCUT2D eigenvalue weighted by Gasteiger charge is 2.31. The number of benzene rings is 3. The number of fused-ring (bicyclic) bond motifs is 1. The van der Waals surface area contributed by atoms with Crippen molar-refractivity contribution in [3.63, 3.8) is 0 Å². The molecule has 170 valence electrons. The third kappa shape index (κ3) is 5.53. The van der Waals surface area contributed by atoms with Crippen molar-refractivity contribution in [2.75, 3.05) is 5.32 Å². The molecular weight excluding hydrogens is 466 g/mol. The Morgan fingerprint density at radius 2 is 1.88 bits per heavy atom. The Bertz CT molecular complexity index is 1320. The number of anilines is 1. The van der Waals surface area contributed by atoms with Gasteiger partial charge in [-0.05, 0) is 54.1 Å². The molecule has 0 aliphatic rings. The van der Waals surface area contributed by atoms with Crippen LogP contribution >= 0.6 is 11.6 Å². The first-order chi connectivity index (χ1) is 15.7. The molecule has 4 aromatic rings. The fourth-order valence-electron chi connectivity index (χ4n) is 2.99. The van der Waals surface area contributed by atoms with Crippen molar-refractivity contribution in [2.24, 2.45) is 0 Å². The maximum Gasteiger partial charge on any atom is 0.573 e. The molecule has 0 unspecified atom stereocenters. The van der Waals surface area contributed by atoms with Gasteiger partial charge in [-0.15, -0.1) is 13.2 Å².